The zero-order valence-corrected chi connectivity index (χ0v) is 9.29. The van der Waals surface area contributed by atoms with Crippen molar-refractivity contribution in [1.29, 1.82) is 0 Å². The van der Waals surface area contributed by atoms with Gasteiger partial charge in [-0.2, -0.15) is 0 Å². The van der Waals surface area contributed by atoms with E-state index in [1.54, 1.807) is 6.20 Å². The predicted octanol–water partition coefficient (Wildman–Crippen LogP) is 2.16. The molecular formula is C11H10N2O2S. The number of anilines is 1. The first kappa shape index (κ1) is 9.47. The molecule has 0 spiro atoms. The van der Waals surface area contributed by atoms with E-state index in [9.17, 15) is 0 Å². The van der Waals surface area contributed by atoms with Crippen LogP contribution in [0, 0.1) is 0 Å². The van der Waals surface area contributed by atoms with E-state index in [1.165, 1.54) is 11.3 Å². The zero-order valence-electron chi connectivity index (χ0n) is 8.47. The maximum atomic E-state index is 5.61. The molecule has 16 heavy (non-hydrogen) atoms. The Labute approximate surface area is 96.6 Å². The average Bonchev–Trinajstić information content (AvgIpc) is 2.75. The van der Waals surface area contributed by atoms with Crippen LogP contribution in [0.3, 0.4) is 0 Å². The smallest absolute Gasteiger partial charge is 0.180 e. The first-order valence-electron chi connectivity index (χ1n) is 4.94. The standard InChI is InChI=1S/C11H10N2O2S/c12-11-13-6-10(16-11)7-1-2-8-9(5-7)15-4-3-14-8/h1-2,5-6H,3-4H2,(H2,12,13). The molecule has 3 rings (SSSR count). The van der Waals surface area contributed by atoms with Gasteiger partial charge in [0, 0.05) is 6.20 Å². The first-order chi connectivity index (χ1) is 7.83. The Morgan fingerprint density at radius 2 is 2.00 bits per heavy atom. The molecule has 0 bridgehead atoms. The fraction of sp³-hybridized carbons (Fsp3) is 0.182. The Bertz CT molecular complexity index is 524. The van der Waals surface area contributed by atoms with E-state index in [-0.39, 0.29) is 0 Å². The van der Waals surface area contributed by atoms with Crippen LogP contribution in [0.2, 0.25) is 0 Å². The molecule has 82 valence electrons. The number of ether oxygens (including phenoxy) is 2. The highest BCUT2D eigenvalue weighted by atomic mass is 32.1. The predicted molar refractivity (Wildman–Crippen MR) is 63.0 cm³/mol. The molecular weight excluding hydrogens is 224 g/mol. The van der Waals surface area contributed by atoms with Crippen LogP contribution in [0.1, 0.15) is 0 Å². The minimum atomic E-state index is 0.574. The van der Waals surface area contributed by atoms with Gasteiger partial charge in [-0.1, -0.05) is 11.3 Å². The quantitative estimate of drug-likeness (QED) is 0.821. The van der Waals surface area contributed by atoms with E-state index < -0.39 is 0 Å². The molecule has 0 atom stereocenters. The van der Waals surface area contributed by atoms with Crippen molar-refractivity contribution in [2.24, 2.45) is 0 Å². The van der Waals surface area contributed by atoms with E-state index in [0.29, 0.717) is 18.3 Å². The molecule has 2 aromatic rings. The van der Waals surface area contributed by atoms with E-state index >= 15 is 0 Å². The SMILES string of the molecule is Nc1ncc(-c2ccc3c(c2)OCCO3)s1. The molecule has 1 aliphatic rings. The van der Waals surface area contributed by atoms with Gasteiger partial charge in [0.2, 0.25) is 0 Å². The number of nitrogen functional groups attached to an aromatic ring is 1. The number of thiazole rings is 1. The van der Waals surface area contributed by atoms with Crippen LogP contribution < -0.4 is 15.2 Å². The van der Waals surface area contributed by atoms with Crippen molar-refractivity contribution < 1.29 is 9.47 Å². The maximum absolute atomic E-state index is 5.61. The second kappa shape index (κ2) is 3.68. The van der Waals surface area contributed by atoms with Crippen molar-refractivity contribution in [2.45, 2.75) is 0 Å². The lowest BCUT2D eigenvalue weighted by molar-refractivity contribution is 0.171. The highest BCUT2D eigenvalue weighted by Crippen LogP contribution is 2.36. The van der Waals surface area contributed by atoms with Crippen LogP contribution in [-0.4, -0.2) is 18.2 Å². The third-order valence-corrected chi connectivity index (χ3v) is 3.23. The Morgan fingerprint density at radius 3 is 2.75 bits per heavy atom. The first-order valence-corrected chi connectivity index (χ1v) is 5.76. The van der Waals surface area contributed by atoms with Crippen molar-refractivity contribution in [3.63, 3.8) is 0 Å². The van der Waals surface area contributed by atoms with Crippen LogP contribution >= 0.6 is 11.3 Å². The van der Waals surface area contributed by atoms with Crippen molar-refractivity contribution in [1.82, 2.24) is 4.98 Å². The number of benzene rings is 1. The molecule has 2 heterocycles. The summed E-state index contributed by atoms with van der Waals surface area (Å²) in [6.07, 6.45) is 1.77. The second-order valence-electron chi connectivity index (χ2n) is 3.42. The summed E-state index contributed by atoms with van der Waals surface area (Å²) >= 11 is 1.46. The lowest BCUT2D eigenvalue weighted by atomic mass is 10.2. The van der Waals surface area contributed by atoms with E-state index in [1.807, 2.05) is 18.2 Å². The van der Waals surface area contributed by atoms with Crippen molar-refractivity contribution in [3.05, 3.63) is 24.4 Å². The highest BCUT2D eigenvalue weighted by molar-refractivity contribution is 7.18. The third-order valence-electron chi connectivity index (χ3n) is 2.35. The lowest BCUT2D eigenvalue weighted by Crippen LogP contribution is -2.15. The number of hydrogen-bond donors (Lipinski definition) is 1. The Hall–Kier alpha value is -1.75. The van der Waals surface area contributed by atoms with Crippen LogP contribution in [0.4, 0.5) is 5.13 Å². The van der Waals surface area contributed by atoms with Crippen molar-refractivity contribution in [2.75, 3.05) is 18.9 Å². The molecule has 1 aromatic carbocycles. The van der Waals surface area contributed by atoms with Crippen LogP contribution in [0.5, 0.6) is 11.5 Å². The molecule has 2 N–H and O–H groups in total. The van der Waals surface area contributed by atoms with E-state index in [0.717, 1.165) is 21.9 Å². The largest absolute Gasteiger partial charge is 0.486 e. The summed E-state index contributed by atoms with van der Waals surface area (Å²) in [7, 11) is 0. The highest BCUT2D eigenvalue weighted by Gasteiger charge is 2.13. The van der Waals surface area contributed by atoms with Crippen molar-refractivity contribution in [3.8, 4) is 21.9 Å². The van der Waals surface area contributed by atoms with Gasteiger partial charge in [-0.15, -0.1) is 0 Å². The number of fused-ring (bicyclic) bond motifs is 1. The molecule has 0 amide bonds. The van der Waals surface area contributed by atoms with E-state index in [2.05, 4.69) is 4.98 Å². The second-order valence-corrected chi connectivity index (χ2v) is 4.48. The monoisotopic (exact) mass is 234 g/mol. The third kappa shape index (κ3) is 1.59. The van der Waals surface area contributed by atoms with Gasteiger partial charge in [-0.3, -0.25) is 0 Å². The molecule has 1 aromatic heterocycles. The molecule has 0 unspecified atom stereocenters. The Balaban J connectivity index is 2.02. The normalized spacial score (nSPS) is 13.8. The van der Waals surface area contributed by atoms with E-state index in [4.69, 9.17) is 15.2 Å². The van der Waals surface area contributed by atoms with Gasteiger partial charge < -0.3 is 15.2 Å². The van der Waals surface area contributed by atoms with Gasteiger partial charge in [-0.25, -0.2) is 4.98 Å². The van der Waals surface area contributed by atoms with Gasteiger partial charge in [0.15, 0.2) is 16.6 Å². The summed E-state index contributed by atoms with van der Waals surface area (Å²) in [4.78, 5) is 5.07. The van der Waals surface area contributed by atoms with Crippen LogP contribution in [0.25, 0.3) is 10.4 Å². The van der Waals surface area contributed by atoms with Crippen LogP contribution in [0.15, 0.2) is 24.4 Å². The minimum Gasteiger partial charge on any atom is -0.486 e. The van der Waals surface area contributed by atoms with Crippen molar-refractivity contribution >= 4 is 16.5 Å². The molecule has 1 aliphatic heterocycles. The molecule has 0 fully saturated rings. The van der Waals surface area contributed by atoms with Gasteiger partial charge in [0.1, 0.15) is 13.2 Å². The molecule has 0 saturated carbocycles. The summed E-state index contributed by atoms with van der Waals surface area (Å²) in [5.74, 6) is 1.59. The van der Waals surface area contributed by atoms with Gasteiger partial charge in [-0.05, 0) is 23.8 Å². The average molecular weight is 234 g/mol. The number of aromatic nitrogens is 1. The summed E-state index contributed by atoms with van der Waals surface area (Å²) in [5.41, 5.74) is 6.66. The maximum Gasteiger partial charge on any atom is 0.180 e. The summed E-state index contributed by atoms with van der Waals surface area (Å²) < 4.78 is 11.0. The molecule has 0 aliphatic carbocycles. The molecule has 0 saturated heterocycles. The molecule has 5 heteroatoms. The van der Waals surface area contributed by atoms with Crippen LogP contribution in [-0.2, 0) is 0 Å². The number of rotatable bonds is 1. The summed E-state index contributed by atoms with van der Waals surface area (Å²) in [5, 5.41) is 0.574. The topological polar surface area (TPSA) is 57.4 Å². The number of nitrogens with two attached hydrogens (primary N) is 1. The minimum absolute atomic E-state index is 0.574. The number of hydrogen-bond acceptors (Lipinski definition) is 5. The molecule has 4 nitrogen and oxygen atoms in total. The fourth-order valence-electron chi connectivity index (χ4n) is 1.62. The Morgan fingerprint density at radius 1 is 1.19 bits per heavy atom. The van der Waals surface area contributed by atoms with Gasteiger partial charge in [0.25, 0.3) is 0 Å². The fourth-order valence-corrected chi connectivity index (χ4v) is 2.30. The zero-order chi connectivity index (χ0) is 11.0. The Kier molecular flexibility index (Phi) is 2.18. The van der Waals surface area contributed by atoms with Gasteiger partial charge in [0.05, 0.1) is 4.88 Å². The summed E-state index contributed by atoms with van der Waals surface area (Å²) in [6, 6.07) is 5.86. The van der Waals surface area contributed by atoms with Gasteiger partial charge >= 0.3 is 0 Å². The molecule has 0 radical (unpaired) electrons. The lowest BCUT2D eigenvalue weighted by Gasteiger charge is -2.18. The number of nitrogens with zero attached hydrogens (tertiary/aromatic N) is 1. The summed E-state index contributed by atoms with van der Waals surface area (Å²) in [6.45, 7) is 1.21.